The van der Waals surface area contributed by atoms with Gasteiger partial charge >= 0.3 is 0 Å². The summed E-state index contributed by atoms with van der Waals surface area (Å²) in [4.78, 5) is 15.0. The minimum atomic E-state index is -0.0247. The topological polar surface area (TPSA) is 46.9 Å². The summed E-state index contributed by atoms with van der Waals surface area (Å²) in [5, 5.41) is 2.73. The van der Waals surface area contributed by atoms with Crippen molar-refractivity contribution in [3.63, 3.8) is 0 Å². The smallest absolute Gasteiger partial charge is 0.217 e. The monoisotopic (exact) mass is 181 g/mol. The fourth-order valence-corrected chi connectivity index (χ4v) is 1.22. The van der Waals surface area contributed by atoms with Gasteiger partial charge in [-0.15, -0.1) is 0 Å². The third-order valence-electron chi connectivity index (χ3n) is 1.82. The Kier molecular flexibility index (Phi) is 3.06. The van der Waals surface area contributed by atoms with Crippen molar-refractivity contribution < 1.29 is 4.79 Å². The molecule has 4 heteroatoms. The molecule has 0 aliphatic heterocycles. The maximum atomic E-state index is 10.7. The van der Waals surface area contributed by atoms with Crippen LogP contribution in [0.3, 0.4) is 0 Å². The lowest BCUT2D eigenvalue weighted by molar-refractivity contribution is -0.119. The number of aromatic nitrogens is 2. The van der Waals surface area contributed by atoms with Gasteiger partial charge in [0.25, 0.3) is 0 Å². The second kappa shape index (κ2) is 4.07. The summed E-state index contributed by atoms with van der Waals surface area (Å²) < 4.78 is 2.03. The number of amides is 1. The molecule has 1 rings (SSSR count). The molecule has 1 heterocycles. The van der Waals surface area contributed by atoms with E-state index in [1.807, 2.05) is 17.7 Å². The molecule has 0 bridgehead atoms. The van der Waals surface area contributed by atoms with Crippen molar-refractivity contribution in [3.8, 4) is 0 Å². The molecule has 0 spiro atoms. The second-order valence-electron chi connectivity index (χ2n) is 2.99. The van der Waals surface area contributed by atoms with Crippen molar-refractivity contribution in [2.24, 2.45) is 0 Å². The summed E-state index contributed by atoms with van der Waals surface area (Å²) in [6.07, 6.45) is 1.98. The van der Waals surface area contributed by atoms with E-state index in [-0.39, 0.29) is 5.91 Å². The zero-order valence-electron chi connectivity index (χ0n) is 8.29. The van der Waals surface area contributed by atoms with Crippen LogP contribution in [0.1, 0.15) is 25.4 Å². The molecule has 1 N–H and O–H groups in total. The fourth-order valence-electron chi connectivity index (χ4n) is 1.22. The van der Waals surface area contributed by atoms with Crippen LogP contribution < -0.4 is 5.32 Å². The van der Waals surface area contributed by atoms with E-state index in [4.69, 9.17) is 0 Å². The fraction of sp³-hybridized carbons (Fsp3) is 0.556. The molecule has 4 nitrogen and oxygen atoms in total. The summed E-state index contributed by atoms with van der Waals surface area (Å²) in [7, 11) is 0. The number of nitrogens with one attached hydrogen (secondary N) is 1. The van der Waals surface area contributed by atoms with Crippen LogP contribution in [0.4, 0.5) is 0 Å². The number of nitrogens with zero attached hydrogens (tertiary/aromatic N) is 2. The lowest BCUT2D eigenvalue weighted by Crippen LogP contribution is -2.21. The lowest BCUT2D eigenvalue weighted by Gasteiger charge is -2.04. The average molecular weight is 181 g/mol. The van der Waals surface area contributed by atoms with Gasteiger partial charge < -0.3 is 9.88 Å². The minimum absolute atomic E-state index is 0.0247. The number of hydrogen-bond acceptors (Lipinski definition) is 2. The molecule has 0 saturated carbocycles. The Morgan fingerprint density at radius 3 is 2.92 bits per heavy atom. The summed E-state index contributed by atoms with van der Waals surface area (Å²) in [6.45, 7) is 6.90. The Balaban J connectivity index is 2.69. The molecule has 0 fully saturated rings. The summed E-state index contributed by atoms with van der Waals surface area (Å²) in [6, 6.07) is 0. The maximum Gasteiger partial charge on any atom is 0.217 e. The van der Waals surface area contributed by atoms with Gasteiger partial charge in [0.2, 0.25) is 5.91 Å². The molecule has 1 aromatic rings. The summed E-state index contributed by atoms with van der Waals surface area (Å²) in [5.41, 5.74) is 0.988. The standard InChI is InChI=1S/C9H15N3O/c1-4-12-6-7(2)11-9(12)5-10-8(3)13/h6H,4-5H2,1-3H3,(H,10,13). The van der Waals surface area contributed by atoms with Gasteiger partial charge in [0.15, 0.2) is 0 Å². The largest absolute Gasteiger partial charge is 0.349 e. The molecule has 0 saturated heterocycles. The van der Waals surface area contributed by atoms with Crippen LogP contribution in [-0.2, 0) is 17.9 Å². The first-order valence-corrected chi connectivity index (χ1v) is 4.40. The first-order valence-electron chi connectivity index (χ1n) is 4.40. The minimum Gasteiger partial charge on any atom is -0.349 e. The third kappa shape index (κ3) is 2.57. The molecule has 0 radical (unpaired) electrons. The van der Waals surface area contributed by atoms with Crippen LogP contribution >= 0.6 is 0 Å². The van der Waals surface area contributed by atoms with Crippen LogP contribution in [-0.4, -0.2) is 15.5 Å². The van der Waals surface area contributed by atoms with Gasteiger partial charge in [0.05, 0.1) is 12.2 Å². The van der Waals surface area contributed by atoms with Crippen molar-refractivity contribution in [1.82, 2.24) is 14.9 Å². The first kappa shape index (κ1) is 9.77. The van der Waals surface area contributed by atoms with E-state index in [0.717, 1.165) is 18.1 Å². The highest BCUT2D eigenvalue weighted by molar-refractivity contribution is 5.72. The zero-order chi connectivity index (χ0) is 9.84. The van der Waals surface area contributed by atoms with Crippen LogP contribution in [0.25, 0.3) is 0 Å². The number of carbonyl (C=O) groups is 1. The first-order chi connectivity index (χ1) is 6.13. The number of imidazole rings is 1. The highest BCUT2D eigenvalue weighted by Crippen LogP contribution is 2.01. The predicted octanol–water partition coefficient (Wildman–Crippen LogP) is 0.848. The number of aryl methyl sites for hydroxylation is 2. The van der Waals surface area contributed by atoms with Crippen LogP contribution in [0.15, 0.2) is 6.20 Å². The molecule has 0 aliphatic rings. The SMILES string of the molecule is CCn1cc(C)nc1CNC(C)=O. The molecular formula is C9H15N3O. The number of rotatable bonds is 3. The summed E-state index contributed by atoms with van der Waals surface area (Å²) in [5.74, 6) is 0.888. The van der Waals surface area contributed by atoms with Crippen molar-refractivity contribution in [1.29, 1.82) is 0 Å². The van der Waals surface area contributed by atoms with Crippen molar-refractivity contribution in [2.45, 2.75) is 33.9 Å². The number of hydrogen-bond donors (Lipinski definition) is 1. The van der Waals surface area contributed by atoms with Gasteiger partial charge in [-0.1, -0.05) is 0 Å². The van der Waals surface area contributed by atoms with Crippen LogP contribution in [0.5, 0.6) is 0 Å². The van der Waals surface area contributed by atoms with E-state index >= 15 is 0 Å². The highest BCUT2D eigenvalue weighted by Gasteiger charge is 2.03. The van der Waals surface area contributed by atoms with Gasteiger partial charge in [0.1, 0.15) is 5.82 Å². The molecule has 1 amide bonds. The maximum absolute atomic E-state index is 10.7. The zero-order valence-corrected chi connectivity index (χ0v) is 8.29. The van der Waals surface area contributed by atoms with Gasteiger partial charge in [-0.2, -0.15) is 0 Å². The van der Waals surface area contributed by atoms with Crippen molar-refractivity contribution in [3.05, 3.63) is 17.7 Å². The van der Waals surface area contributed by atoms with E-state index in [9.17, 15) is 4.79 Å². The van der Waals surface area contributed by atoms with Gasteiger partial charge in [-0.05, 0) is 13.8 Å². The van der Waals surface area contributed by atoms with E-state index < -0.39 is 0 Å². The van der Waals surface area contributed by atoms with Crippen LogP contribution in [0.2, 0.25) is 0 Å². The molecule has 72 valence electrons. The van der Waals surface area contributed by atoms with Crippen molar-refractivity contribution >= 4 is 5.91 Å². The van der Waals surface area contributed by atoms with E-state index in [2.05, 4.69) is 17.2 Å². The van der Waals surface area contributed by atoms with Gasteiger partial charge in [-0.25, -0.2) is 4.98 Å². The lowest BCUT2D eigenvalue weighted by atomic mass is 10.5. The normalized spacial score (nSPS) is 10.1. The second-order valence-corrected chi connectivity index (χ2v) is 2.99. The van der Waals surface area contributed by atoms with Crippen LogP contribution in [0, 0.1) is 6.92 Å². The molecule has 0 unspecified atom stereocenters. The number of carbonyl (C=O) groups excluding carboxylic acids is 1. The highest BCUT2D eigenvalue weighted by atomic mass is 16.1. The molecule has 0 atom stereocenters. The van der Waals surface area contributed by atoms with Gasteiger partial charge in [-0.3, -0.25) is 4.79 Å². The molecule has 0 aliphatic carbocycles. The van der Waals surface area contributed by atoms with E-state index in [1.165, 1.54) is 6.92 Å². The predicted molar refractivity (Wildman–Crippen MR) is 50.2 cm³/mol. The van der Waals surface area contributed by atoms with E-state index in [0.29, 0.717) is 6.54 Å². The van der Waals surface area contributed by atoms with E-state index in [1.54, 1.807) is 0 Å². The summed E-state index contributed by atoms with van der Waals surface area (Å²) >= 11 is 0. The molecule has 1 aromatic heterocycles. The molecular weight excluding hydrogens is 166 g/mol. The molecule has 13 heavy (non-hydrogen) atoms. The molecule has 0 aromatic carbocycles. The Labute approximate surface area is 78.0 Å². The Morgan fingerprint density at radius 1 is 1.69 bits per heavy atom. The quantitative estimate of drug-likeness (QED) is 0.751. The Morgan fingerprint density at radius 2 is 2.38 bits per heavy atom. The van der Waals surface area contributed by atoms with Gasteiger partial charge in [0, 0.05) is 19.7 Å². The van der Waals surface area contributed by atoms with Crippen molar-refractivity contribution in [2.75, 3.05) is 0 Å². The Hall–Kier alpha value is -1.32. The Bertz CT molecular complexity index is 304. The average Bonchev–Trinajstić information content (AvgIpc) is 2.42. The third-order valence-corrected chi connectivity index (χ3v) is 1.82.